The van der Waals surface area contributed by atoms with Gasteiger partial charge in [-0.05, 0) is 25.1 Å². The molecule has 0 unspecified atom stereocenters. The summed E-state index contributed by atoms with van der Waals surface area (Å²) in [6.45, 7) is 2.03. The fourth-order valence-electron chi connectivity index (χ4n) is 1.31. The third kappa shape index (κ3) is 3.71. The first kappa shape index (κ1) is 13.4. The number of amides is 3. The van der Waals surface area contributed by atoms with Crippen LogP contribution in [0.4, 0.5) is 14.9 Å². The molecule has 0 atom stereocenters. The molecule has 17 heavy (non-hydrogen) atoms. The van der Waals surface area contributed by atoms with Crippen molar-refractivity contribution < 1.29 is 14.0 Å². The van der Waals surface area contributed by atoms with Crippen LogP contribution >= 0.6 is 11.6 Å². The van der Waals surface area contributed by atoms with E-state index in [1.54, 1.807) is 13.0 Å². The molecule has 92 valence electrons. The zero-order valence-electron chi connectivity index (χ0n) is 9.24. The summed E-state index contributed by atoms with van der Waals surface area (Å²) < 4.78 is 13.0. The molecule has 0 radical (unpaired) electrons. The van der Waals surface area contributed by atoms with Gasteiger partial charge in [0.15, 0.2) is 0 Å². The Morgan fingerprint density at radius 3 is 2.71 bits per heavy atom. The van der Waals surface area contributed by atoms with Crippen LogP contribution in [0, 0.1) is 5.82 Å². The summed E-state index contributed by atoms with van der Waals surface area (Å²) in [5.74, 6) is -1.34. The number of imide groups is 1. The Hall–Kier alpha value is -1.62. The van der Waals surface area contributed by atoms with Gasteiger partial charge in [-0.25, -0.2) is 9.18 Å². The zero-order chi connectivity index (χ0) is 12.8. The lowest BCUT2D eigenvalue weighted by Gasteiger charge is -2.20. The van der Waals surface area contributed by atoms with Crippen LogP contribution in [0.5, 0.6) is 0 Å². The summed E-state index contributed by atoms with van der Waals surface area (Å²) in [7, 11) is 0. The first-order valence-electron chi connectivity index (χ1n) is 5.01. The largest absolute Gasteiger partial charge is 0.328 e. The van der Waals surface area contributed by atoms with Gasteiger partial charge in [-0.15, -0.1) is 11.6 Å². The maximum absolute atomic E-state index is 13.0. The average Bonchev–Trinajstić information content (AvgIpc) is 2.30. The van der Waals surface area contributed by atoms with E-state index < -0.39 is 17.8 Å². The molecule has 1 rings (SSSR count). The second kappa shape index (κ2) is 6.20. The normalized spacial score (nSPS) is 9.82. The summed E-state index contributed by atoms with van der Waals surface area (Å²) in [4.78, 5) is 23.9. The van der Waals surface area contributed by atoms with Crippen LogP contribution in [0.15, 0.2) is 24.3 Å². The number of anilines is 1. The fourth-order valence-corrected chi connectivity index (χ4v) is 1.37. The van der Waals surface area contributed by atoms with Crippen molar-refractivity contribution in [2.24, 2.45) is 0 Å². The van der Waals surface area contributed by atoms with Gasteiger partial charge in [0.25, 0.3) is 0 Å². The Bertz CT molecular complexity index is 426. The highest BCUT2D eigenvalue weighted by molar-refractivity contribution is 6.28. The molecule has 0 aliphatic heterocycles. The zero-order valence-corrected chi connectivity index (χ0v) is 10.00. The quantitative estimate of drug-likeness (QED) is 0.845. The lowest BCUT2D eigenvalue weighted by Crippen LogP contribution is -2.43. The number of nitrogens with one attached hydrogen (secondary N) is 1. The topological polar surface area (TPSA) is 49.4 Å². The number of alkyl halides is 1. The Morgan fingerprint density at radius 2 is 2.18 bits per heavy atom. The van der Waals surface area contributed by atoms with Crippen LogP contribution in [-0.2, 0) is 4.79 Å². The van der Waals surface area contributed by atoms with E-state index in [-0.39, 0.29) is 5.88 Å². The van der Waals surface area contributed by atoms with E-state index in [0.717, 1.165) is 0 Å². The van der Waals surface area contributed by atoms with Crippen molar-refractivity contribution in [3.8, 4) is 0 Å². The molecule has 6 heteroatoms. The van der Waals surface area contributed by atoms with Crippen LogP contribution in [-0.4, -0.2) is 24.4 Å². The van der Waals surface area contributed by atoms with Crippen molar-refractivity contribution in [1.82, 2.24) is 5.32 Å². The number of urea groups is 1. The molecule has 0 aliphatic carbocycles. The van der Waals surface area contributed by atoms with Crippen molar-refractivity contribution >= 4 is 29.2 Å². The summed E-state index contributed by atoms with van der Waals surface area (Å²) in [5, 5.41) is 2.09. The highest BCUT2D eigenvalue weighted by Crippen LogP contribution is 2.15. The van der Waals surface area contributed by atoms with Gasteiger partial charge in [0.1, 0.15) is 11.7 Å². The van der Waals surface area contributed by atoms with E-state index >= 15 is 0 Å². The van der Waals surface area contributed by atoms with E-state index in [4.69, 9.17) is 11.6 Å². The average molecular weight is 259 g/mol. The number of nitrogens with zero attached hydrogens (tertiary/aromatic N) is 1. The molecule has 0 fully saturated rings. The maximum atomic E-state index is 13.0. The smallest absolute Gasteiger partial charge is 0.294 e. The van der Waals surface area contributed by atoms with Crippen LogP contribution < -0.4 is 10.2 Å². The molecule has 0 bridgehead atoms. The highest BCUT2D eigenvalue weighted by atomic mass is 35.5. The molecule has 4 nitrogen and oxygen atoms in total. The van der Waals surface area contributed by atoms with Crippen molar-refractivity contribution in [2.45, 2.75) is 6.92 Å². The summed E-state index contributed by atoms with van der Waals surface area (Å²) in [6.07, 6.45) is 0. The predicted molar refractivity (Wildman–Crippen MR) is 63.7 cm³/mol. The lowest BCUT2D eigenvalue weighted by atomic mass is 10.3. The Morgan fingerprint density at radius 1 is 1.47 bits per heavy atom. The van der Waals surface area contributed by atoms with Gasteiger partial charge in [-0.2, -0.15) is 0 Å². The van der Waals surface area contributed by atoms with Crippen molar-refractivity contribution in [3.63, 3.8) is 0 Å². The second-order valence-corrected chi connectivity index (χ2v) is 3.48. The number of hydrogen-bond donors (Lipinski definition) is 1. The summed E-state index contributed by atoms with van der Waals surface area (Å²) in [6, 6.07) is 4.94. The van der Waals surface area contributed by atoms with Gasteiger partial charge in [-0.3, -0.25) is 15.0 Å². The predicted octanol–water partition coefficient (Wildman–Crippen LogP) is 2.13. The molecule has 0 heterocycles. The molecular weight excluding hydrogens is 247 g/mol. The molecule has 0 spiro atoms. The minimum absolute atomic E-state index is 0.299. The molecule has 0 saturated heterocycles. The van der Waals surface area contributed by atoms with Crippen molar-refractivity contribution in [1.29, 1.82) is 0 Å². The fraction of sp³-hybridized carbons (Fsp3) is 0.273. The van der Waals surface area contributed by atoms with E-state index in [9.17, 15) is 14.0 Å². The molecule has 3 amide bonds. The Labute approximate surface area is 103 Å². The van der Waals surface area contributed by atoms with Gasteiger partial charge < -0.3 is 0 Å². The lowest BCUT2D eigenvalue weighted by molar-refractivity contribution is -0.117. The van der Waals surface area contributed by atoms with Crippen LogP contribution in [0.1, 0.15) is 6.92 Å². The standard InChI is InChI=1S/C11H12ClFN2O2/c1-2-15(11(17)14-10(16)7-12)9-5-3-4-8(13)6-9/h3-6H,2,7H2,1H3,(H,14,16,17). The molecule has 0 aromatic heterocycles. The van der Waals surface area contributed by atoms with Gasteiger partial charge in [0.05, 0.1) is 0 Å². The molecule has 0 saturated carbocycles. The van der Waals surface area contributed by atoms with E-state index in [1.165, 1.54) is 23.1 Å². The van der Waals surface area contributed by atoms with E-state index in [0.29, 0.717) is 12.2 Å². The minimum Gasteiger partial charge on any atom is -0.294 e. The van der Waals surface area contributed by atoms with Crippen LogP contribution in [0.2, 0.25) is 0 Å². The number of halogens is 2. The van der Waals surface area contributed by atoms with E-state index in [2.05, 4.69) is 5.32 Å². The molecule has 1 aromatic rings. The van der Waals surface area contributed by atoms with Crippen molar-refractivity contribution in [3.05, 3.63) is 30.1 Å². The van der Waals surface area contributed by atoms with Gasteiger partial charge in [0, 0.05) is 12.2 Å². The van der Waals surface area contributed by atoms with Gasteiger partial charge in [0.2, 0.25) is 5.91 Å². The monoisotopic (exact) mass is 258 g/mol. The SMILES string of the molecule is CCN(C(=O)NC(=O)CCl)c1cccc(F)c1. The molecule has 1 N–H and O–H groups in total. The van der Waals surface area contributed by atoms with Gasteiger partial charge in [-0.1, -0.05) is 6.07 Å². The molecular formula is C11H12ClFN2O2. The molecule has 0 aliphatic rings. The number of rotatable bonds is 3. The first-order valence-corrected chi connectivity index (χ1v) is 5.54. The third-order valence-corrected chi connectivity index (χ3v) is 2.29. The van der Waals surface area contributed by atoms with Gasteiger partial charge >= 0.3 is 6.03 Å². The molecule has 1 aromatic carbocycles. The highest BCUT2D eigenvalue weighted by Gasteiger charge is 2.16. The Balaban J connectivity index is 2.84. The number of benzene rings is 1. The number of carbonyl (C=O) groups excluding carboxylic acids is 2. The second-order valence-electron chi connectivity index (χ2n) is 3.21. The third-order valence-electron chi connectivity index (χ3n) is 2.05. The van der Waals surface area contributed by atoms with Crippen LogP contribution in [0.3, 0.4) is 0 Å². The summed E-state index contributed by atoms with van der Waals surface area (Å²) in [5.41, 5.74) is 0.382. The Kier molecular flexibility index (Phi) is 4.90. The first-order chi connectivity index (χ1) is 8.08. The number of hydrogen-bond acceptors (Lipinski definition) is 2. The van der Waals surface area contributed by atoms with Crippen LogP contribution in [0.25, 0.3) is 0 Å². The maximum Gasteiger partial charge on any atom is 0.328 e. The number of carbonyl (C=O) groups is 2. The minimum atomic E-state index is -0.622. The summed E-state index contributed by atoms with van der Waals surface area (Å²) >= 11 is 5.27. The van der Waals surface area contributed by atoms with E-state index in [1.807, 2.05) is 0 Å². The van der Waals surface area contributed by atoms with Crippen molar-refractivity contribution in [2.75, 3.05) is 17.3 Å².